The largest absolute Gasteiger partial charge is 0.338 e. The molecule has 0 aliphatic carbocycles. The molecule has 1 aromatic carbocycles. The lowest BCUT2D eigenvalue weighted by Crippen LogP contribution is -1.98. The molecule has 1 aromatic heterocycles. The minimum Gasteiger partial charge on any atom is -0.338 e. The molecule has 4 heteroatoms. The third-order valence-corrected chi connectivity index (χ3v) is 2.84. The zero-order valence-corrected chi connectivity index (χ0v) is 10.9. The number of rotatable bonds is 5. The maximum atomic E-state index is 8.95. The summed E-state index contributed by atoms with van der Waals surface area (Å²) in [6.45, 7) is 2.19. The molecule has 4 nitrogen and oxygen atoms in total. The maximum absolute atomic E-state index is 8.95. The molecular formula is C15H16N4. The number of benzene rings is 1. The Morgan fingerprint density at radius 2 is 1.89 bits per heavy atom. The van der Waals surface area contributed by atoms with Gasteiger partial charge in [0.15, 0.2) is 11.5 Å². The molecule has 1 heterocycles. The third kappa shape index (κ3) is 3.52. The predicted molar refractivity (Wildman–Crippen MR) is 75.1 cm³/mol. The van der Waals surface area contributed by atoms with Gasteiger partial charge < -0.3 is 5.32 Å². The summed E-state index contributed by atoms with van der Waals surface area (Å²) in [6, 6.07) is 10.2. The van der Waals surface area contributed by atoms with Crippen molar-refractivity contribution >= 4 is 11.5 Å². The van der Waals surface area contributed by atoms with E-state index in [-0.39, 0.29) is 0 Å². The van der Waals surface area contributed by atoms with E-state index in [0.717, 1.165) is 12.1 Å². The lowest BCUT2D eigenvalue weighted by atomic mass is 10.1. The molecule has 0 amide bonds. The SMILES string of the molecule is CCCCc1ccc(Nc2nccnc2C#N)cc1. The smallest absolute Gasteiger partial charge is 0.183 e. The number of aromatic nitrogens is 2. The highest BCUT2D eigenvalue weighted by atomic mass is 15.0. The number of aryl methyl sites for hydroxylation is 1. The molecule has 0 aliphatic rings. The maximum Gasteiger partial charge on any atom is 0.183 e. The van der Waals surface area contributed by atoms with Crippen LogP contribution in [0.1, 0.15) is 31.0 Å². The predicted octanol–water partition coefficient (Wildman–Crippen LogP) is 3.43. The van der Waals surface area contributed by atoms with Crippen molar-refractivity contribution in [3.63, 3.8) is 0 Å². The van der Waals surface area contributed by atoms with Crippen LogP contribution >= 0.6 is 0 Å². The van der Waals surface area contributed by atoms with E-state index in [0.29, 0.717) is 11.5 Å². The van der Waals surface area contributed by atoms with Gasteiger partial charge in [-0.3, -0.25) is 0 Å². The van der Waals surface area contributed by atoms with E-state index in [1.165, 1.54) is 24.6 Å². The van der Waals surface area contributed by atoms with Gasteiger partial charge in [0.05, 0.1) is 0 Å². The molecule has 0 saturated heterocycles. The van der Waals surface area contributed by atoms with Gasteiger partial charge >= 0.3 is 0 Å². The molecule has 0 saturated carbocycles. The number of nitrogens with zero attached hydrogens (tertiary/aromatic N) is 3. The Morgan fingerprint density at radius 3 is 2.58 bits per heavy atom. The van der Waals surface area contributed by atoms with Gasteiger partial charge in [-0.15, -0.1) is 0 Å². The van der Waals surface area contributed by atoms with Gasteiger partial charge in [0.1, 0.15) is 6.07 Å². The van der Waals surface area contributed by atoms with E-state index in [1.54, 1.807) is 6.20 Å². The van der Waals surface area contributed by atoms with E-state index >= 15 is 0 Å². The summed E-state index contributed by atoms with van der Waals surface area (Å²) in [5.74, 6) is 0.492. The summed E-state index contributed by atoms with van der Waals surface area (Å²) < 4.78 is 0. The van der Waals surface area contributed by atoms with Gasteiger partial charge in [0.2, 0.25) is 0 Å². The van der Waals surface area contributed by atoms with Crippen LogP contribution in [0.5, 0.6) is 0 Å². The van der Waals surface area contributed by atoms with Crippen molar-refractivity contribution in [2.45, 2.75) is 26.2 Å². The fraction of sp³-hybridized carbons (Fsp3) is 0.267. The topological polar surface area (TPSA) is 61.6 Å². The molecule has 19 heavy (non-hydrogen) atoms. The van der Waals surface area contributed by atoms with Crippen LogP contribution in [0.4, 0.5) is 11.5 Å². The van der Waals surface area contributed by atoms with Crippen LogP contribution < -0.4 is 5.32 Å². The average Bonchev–Trinajstić information content (AvgIpc) is 2.47. The first-order chi connectivity index (χ1) is 9.33. The van der Waals surface area contributed by atoms with Crippen molar-refractivity contribution in [2.24, 2.45) is 0 Å². The van der Waals surface area contributed by atoms with E-state index in [2.05, 4.69) is 34.3 Å². The molecule has 0 spiro atoms. The van der Waals surface area contributed by atoms with Crippen molar-refractivity contribution in [3.05, 3.63) is 47.9 Å². The third-order valence-electron chi connectivity index (χ3n) is 2.84. The van der Waals surface area contributed by atoms with Crippen molar-refractivity contribution in [3.8, 4) is 6.07 Å². The Balaban J connectivity index is 2.09. The Kier molecular flexibility index (Phi) is 4.46. The Hall–Kier alpha value is -2.41. The second-order valence-corrected chi connectivity index (χ2v) is 4.29. The fourth-order valence-corrected chi connectivity index (χ4v) is 1.78. The molecule has 0 radical (unpaired) electrons. The van der Waals surface area contributed by atoms with E-state index in [1.807, 2.05) is 18.2 Å². The molecule has 0 fully saturated rings. The van der Waals surface area contributed by atoms with Gasteiger partial charge in [-0.25, -0.2) is 9.97 Å². The van der Waals surface area contributed by atoms with Crippen LogP contribution in [0.2, 0.25) is 0 Å². The monoisotopic (exact) mass is 252 g/mol. The van der Waals surface area contributed by atoms with Gasteiger partial charge in [0.25, 0.3) is 0 Å². The molecular weight excluding hydrogens is 236 g/mol. The van der Waals surface area contributed by atoms with Gasteiger partial charge in [-0.2, -0.15) is 5.26 Å². The first-order valence-electron chi connectivity index (χ1n) is 6.40. The molecule has 0 atom stereocenters. The first kappa shape index (κ1) is 13.0. The summed E-state index contributed by atoms with van der Waals surface area (Å²) in [6.07, 6.45) is 6.59. The first-order valence-corrected chi connectivity index (χ1v) is 6.40. The Morgan fingerprint density at radius 1 is 1.16 bits per heavy atom. The van der Waals surface area contributed by atoms with Crippen LogP contribution in [0.15, 0.2) is 36.7 Å². The zero-order chi connectivity index (χ0) is 13.5. The number of hydrogen-bond donors (Lipinski definition) is 1. The minimum absolute atomic E-state index is 0.303. The number of nitriles is 1. The summed E-state index contributed by atoms with van der Waals surface area (Å²) >= 11 is 0. The highest BCUT2D eigenvalue weighted by Crippen LogP contribution is 2.17. The van der Waals surface area contributed by atoms with Crippen LogP contribution in [-0.2, 0) is 6.42 Å². The lowest BCUT2D eigenvalue weighted by molar-refractivity contribution is 0.795. The second kappa shape index (κ2) is 6.50. The second-order valence-electron chi connectivity index (χ2n) is 4.29. The van der Waals surface area contributed by atoms with Crippen LogP contribution in [0.25, 0.3) is 0 Å². The normalized spacial score (nSPS) is 9.89. The fourth-order valence-electron chi connectivity index (χ4n) is 1.78. The quantitative estimate of drug-likeness (QED) is 0.885. The molecule has 0 unspecified atom stereocenters. The zero-order valence-electron chi connectivity index (χ0n) is 10.9. The number of unbranched alkanes of at least 4 members (excludes halogenated alkanes) is 1. The molecule has 1 N–H and O–H groups in total. The van der Waals surface area contributed by atoms with Gasteiger partial charge in [0, 0.05) is 18.1 Å². The lowest BCUT2D eigenvalue weighted by Gasteiger charge is -2.07. The number of anilines is 2. The van der Waals surface area contributed by atoms with E-state index in [4.69, 9.17) is 5.26 Å². The molecule has 96 valence electrons. The van der Waals surface area contributed by atoms with Crippen molar-refractivity contribution in [1.82, 2.24) is 9.97 Å². The van der Waals surface area contributed by atoms with Crippen LogP contribution in [0.3, 0.4) is 0 Å². The van der Waals surface area contributed by atoms with Crippen molar-refractivity contribution in [1.29, 1.82) is 5.26 Å². The standard InChI is InChI=1S/C15H16N4/c1-2-3-4-12-5-7-13(8-6-12)19-15-14(11-16)17-9-10-18-15/h5-10H,2-4H2,1H3,(H,18,19). The number of hydrogen-bond acceptors (Lipinski definition) is 4. The summed E-state index contributed by atoms with van der Waals surface area (Å²) in [5.41, 5.74) is 2.54. The number of nitrogens with one attached hydrogen (secondary N) is 1. The van der Waals surface area contributed by atoms with Gasteiger partial charge in [-0.1, -0.05) is 25.5 Å². The van der Waals surface area contributed by atoms with Crippen molar-refractivity contribution < 1.29 is 0 Å². The molecule has 0 bridgehead atoms. The van der Waals surface area contributed by atoms with Crippen molar-refractivity contribution in [2.75, 3.05) is 5.32 Å². The van der Waals surface area contributed by atoms with Crippen LogP contribution in [0, 0.1) is 11.3 Å². The highest BCUT2D eigenvalue weighted by Gasteiger charge is 2.04. The van der Waals surface area contributed by atoms with Crippen LogP contribution in [-0.4, -0.2) is 9.97 Å². The summed E-state index contributed by atoms with van der Waals surface area (Å²) in [5, 5.41) is 12.1. The Labute approximate surface area is 113 Å². The molecule has 2 aromatic rings. The molecule has 0 aliphatic heterocycles. The summed E-state index contributed by atoms with van der Waals surface area (Å²) in [4.78, 5) is 8.09. The molecule has 2 rings (SSSR count). The van der Waals surface area contributed by atoms with E-state index in [9.17, 15) is 0 Å². The summed E-state index contributed by atoms with van der Waals surface area (Å²) in [7, 11) is 0. The average molecular weight is 252 g/mol. The van der Waals surface area contributed by atoms with E-state index < -0.39 is 0 Å². The Bertz CT molecular complexity index is 569. The highest BCUT2D eigenvalue weighted by molar-refractivity contribution is 5.60. The minimum atomic E-state index is 0.303. The van der Waals surface area contributed by atoms with Gasteiger partial charge in [-0.05, 0) is 30.5 Å².